The number of rotatable bonds is 7. The molecule has 20 heavy (non-hydrogen) atoms. The molecule has 0 unspecified atom stereocenters. The Bertz CT molecular complexity index is 467. The second-order valence-corrected chi connectivity index (χ2v) is 5.01. The van der Waals surface area contributed by atoms with Crippen LogP contribution >= 0.6 is 0 Å². The lowest BCUT2D eigenvalue weighted by Crippen LogP contribution is -2.23. The molecule has 2 rings (SSSR count). The third kappa shape index (κ3) is 5.01. The molecule has 5 heteroatoms. The summed E-state index contributed by atoms with van der Waals surface area (Å²) in [5, 5.41) is 8.91. The van der Waals surface area contributed by atoms with Gasteiger partial charge in [0.05, 0.1) is 0 Å². The van der Waals surface area contributed by atoms with Gasteiger partial charge in [0.15, 0.2) is 0 Å². The zero-order valence-corrected chi connectivity index (χ0v) is 11.7. The number of carbonyl (C=O) groups excluding carboxylic acids is 2. The summed E-state index contributed by atoms with van der Waals surface area (Å²) in [6, 6.07) is 7.77. The van der Waals surface area contributed by atoms with Gasteiger partial charge in [-0.3, -0.25) is 9.59 Å². The van der Waals surface area contributed by atoms with E-state index in [0.29, 0.717) is 18.9 Å². The van der Waals surface area contributed by atoms with E-state index in [2.05, 4.69) is 16.0 Å². The van der Waals surface area contributed by atoms with Gasteiger partial charge in [-0.15, -0.1) is 0 Å². The van der Waals surface area contributed by atoms with Crippen molar-refractivity contribution >= 4 is 23.2 Å². The topological polar surface area (TPSA) is 70.2 Å². The van der Waals surface area contributed by atoms with E-state index >= 15 is 0 Å². The molecule has 108 valence electrons. The lowest BCUT2D eigenvalue weighted by molar-refractivity contribution is -0.116. The van der Waals surface area contributed by atoms with Crippen LogP contribution in [0, 0.1) is 0 Å². The highest BCUT2D eigenvalue weighted by Crippen LogP contribution is 2.18. The summed E-state index contributed by atoms with van der Waals surface area (Å²) in [6.07, 6.45) is 3.39. The summed E-state index contributed by atoms with van der Waals surface area (Å²) in [7, 11) is 0. The van der Waals surface area contributed by atoms with Gasteiger partial charge in [-0.25, -0.2) is 0 Å². The number of amides is 2. The molecule has 1 saturated carbocycles. The fourth-order valence-electron chi connectivity index (χ4n) is 1.79. The standard InChI is InChI=1S/C15H21N3O2/c1-2-14(19)17-12-5-7-13(8-6-12)18-15(20)9-10-16-11-3-4-11/h5-8,11,16H,2-4,9-10H2,1H3,(H,17,19)(H,18,20). The first-order chi connectivity index (χ1) is 9.67. The number of nitrogens with one attached hydrogen (secondary N) is 3. The Morgan fingerprint density at radius 3 is 2.10 bits per heavy atom. The molecule has 0 saturated heterocycles. The molecular weight excluding hydrogens is 254 g/mol. The van der Waals surface area contributed by atoms with Crippen LogP contribution in [0.1, 0.15) is 32.6 Å². The van der Waals surface area contributed by atoms with Gasteiger partial charge in [0.25, 0.3) is 0 Å². The van der Waals surface area contributed by atoms with Crippen molar-refractivity contribution in [3.8, 4) is 0 Å². The summed E-state index contributed by atoms with van der Waals surface area (Å²) in [4.78, 5) is 22.9. The van der Waals surface area contributed by atoms with Crippen LogP contribution < -0.4 is 16.0 Å². The molecular formula is C15H21N3O2. The van der Waals surface area contributed by atoms with Crippen molar-refractivity contribution in [1.82, 2.24) is 5.32 Å². The van der Waals surface area contributed by atoms with Crippen molar-refractivity contribution in [3.63, 3.8) is 0 Å². The molecule has 1 aromatic carbocycles. The lowest BCUT2D eigenvalue weighted by atomic mass is 10.2. The average molecular weight is 275 g/mol. The lowest BCUT2D eigenvalue weighted by Gasteiger charge is -2.08. The maximum Gasteiger partial charge on any atom is 0.225 e. The molecule has 0 radical (unpaired) electrons. The summed E-state index contributed by atoms with van der Waals surface area (Å²) in [5.74, 6) is -0.0172. The van der Waals surface area contributed by atoms with Crippen LogP contribution in [-0.2, 0) is 9.59 Å². The molecule has 1 aliphatic carbocycles. The fraction of sp³-hybridized carbons (Fsp3) is 0.467. The van der Waals surface area contributed by atoms with E-state index < -0.39 is 0 Å². The highest BCUT2D eigenvalue weighted by atomic mass is 16.2. The van der Waals surface area contributed by atoms with Crippen LogP contribution in [-0.4, -0.2) is 24.4 Å². The van der Waals surface area contributed by atoms with Crippen LogP contribution in [0.2, 0.25) is 0 Å². The Morgan fingerprint density at radius 2 is 1.60 bits per heavy atom. The molecule has 1 aromatic rings. The predicted molar refractivity (Wildman–Crippen MR) is 79.6 cm³/mol. The van der Waals surface area contributed by atoms with Gasteiger partial charge in [-0.2, -0.15) is 0 Å². The minimum Gasteiger partial charge on any atom is -0.326 e. The van der Waals surface area contributed by atoms with Gasteiger partial charge >= 0.3 is 0 Å². The molecule has 3 N–H and O–H groups in total. The van der Waals surface area contributed by atoms with E-state index in [4.69, 9.17) is 0 Å². The zero-order valence-electron chi connectivity index (χ0n) is 11.7. The van der Waals surface area contributed by atoms with Gasteiger partial charge < -0.3 is 16.0 Å². The number of benzene rings is 1. The van der Waals surface area contributed by atoms with Crippen molar-refractivity contribution < 1.29 is 9.59 Å². The van der Waals surface area contributed by atoms with Crippen molar-refractivity contribution in [2.75, 3.05) is 17.2 Å². The SMILES string of the molecule is CCC(=O)Nc1ccc(NC(=O)CCNC2CC2)cc1. The van der Waals surface area contributed by atoms with Crippen molar-refractivity contribution in [2.45, 2.75) is 38.6 Å². The van der Waals surface area contributed by atoms with Crippen LogP contribution in [0.3, 0.4) is 0 Å². The monoisotopic (exact) mass is 275 g/mol. The van der Waals surface area contributed by atoms with Gasteiger partial charge in [0, 0.05) is 36.8 Å². The van der Waals surface area contributed by atoms with Gasteiger partial charge in [0.1, 0.15) is 0 Å². The van der Waals surface area contributed by atoms with E-state index in [9.17, 15) is 9.59 Å². The quantitative estimate of drug-likeness (QED) is 0.714. The first kappa shape index (κ1) is 14.5. The highest BCUT2D eigenvalue weighted by molar-refractivity contribution is 5.92. The molecule has 5 nitrogen and oxygen atoms in total. The molecule has 2 amide bonds. The minimum absolute atomic E-state index is 0.00323. The summed E-state index contributed by atoms with van der Waals surface area (Å²) in [5.41, 5.74) is 1.49. The first-order valence-corrected chi connectivity index (χ1v) is 7.10. The van der Waals surface area contributed by atoms with Gasteiger partial charge in [-0.1, -0.05) is 6.92 Å². The number of carbonyl (C=O) groups is 2. The number of hydrogen-bond donors (Lipinski definition) is 3. The summed E-state index contributed by atoms with van der Waals surface area (Å²) >= 11 is 0. The largest absolute Gasteiger partial charge is 0.326 e. The second-order valence-electron chi connectivity index (χ2n) is 5.01. The molecule has 0 bridgehead atoms. The molecule has 0 aliphatic heterocycles. The van der Waals surface area contributed by atoms with E-state index in [1.165, 1.54) is 12.8 Å². The zero-order chi connectivity index (χ0) is 14.4. The van der Waals surface area contributed by atoms with E-state index in [1.807, 2.05) is 0 Å². The second kappa shape index (κ2) is 7.05. The first-order valence-electron chi connectivity index (χ1n) is 7.10. The van der Waals surface area contributed by atoms with Gasteiger partial charge in [0.2, 0.25) is 11.8 Å². The smallest absolute Gasteiger partial charge is 0.225 e. The Labute approximate surface area is 119 Å². The van der Waals surface area contributed by atoms with Crippen LogP contribution in [0.15, 0.2) is 24.3 Å². The average Bonchev–Trinajstić information content (AvgIpc) is 3.25. The summed E-state index contributed by atoms with van der Waals surface area (Å²) < 4.78 is 0. The number of anilines is 2. The molecule has 0 aromatic heterocycles. The molecule has 0 heterocycles. The van der Waals surface area contributed by atoms with Crippen molar-refractivity contribution in [3.05, 3.63) is 24.3 Å². The van der Waals surface area contributed by atoms with E-state index in [1.54, 1.807) is 31.2 Å². The van der Waals surface area contributed by atoms with Crippen LogP contribution in [0.5, 0.6) is 0 Å². The normalized spacial score (nSPS) is 13.8. The molecule has 1 fully saturated rings. The molecule has 0 atom stereocenters. The van der Waals surface area contributed by atoms with Crippen LogP contribution in [0.25, 0.3) is 0 Å². The van der Waals surface area contributed by atoms with Gasteiger partial charge in [-0.05, 0) is 37.1 Å². The van der Waals surface area contributed by atoms with Crippen LogP contribution in [0.4, 0.5) is 11.4 Å². The Hall–Kier alpha value is -1.88. The maximum atomic E-state index is 11.7. The fourth-order valence-corrected chi connectivity index (χ4v) is 1.79. The van der Waals surface area contributed by atoms with Crippen molar-refractivity contribution in [1.29, 1.82) is 0 Å². The predicted octanol–water partition coefficient (Wildman–Crippen LogP) is 2.12. The number of hydrogen-bond acceptors (Lipinski definition) is 3. The maximum absolute atomic E-state index is 11.7. The highest BCUT2D eigenvalue weighted by Gasteiger charge is 2.20. The Kier molecular flexibility index (Phi) is 5.12. The van der Waals surface area contributed by atoms with Crippen molar-refractivity contribution in [2.24, 2.45) is 0 Å². The Morgan fingerprint density at radius 1 is 1.05 bits per heavy atom. The van der Waals surface area contributed by atoms with E-state index in [0.717, 1.165) is 17.9 Å². The van der Waals surface area contributed by atoms with E-state index in [-0.39, 0.29) is 11.8 Å². The minimum atomic E-state index is -0.0204. The third-order valence-corrected chi connectivity index (χ3v) is 3.14. The third-order valence-electron chi connectivity index (χ3n) is 3.14. The molecule has 0 spiro atoms. The summed E-state index contributed by atoms with van der Waals surface area (Å²) in [6.45, 7) is 2.53. The Balaban J connectivity index is 1.74. The molecule has 1 aliphatic rings.